The van der Waals surface area contributed by atoms with Gasteiger partial charge in [-0.2, -0.15) is 0 Å². The van der Waals surface area contributed by atoms with Gasteiger partial charge in [-0.05, 0) is 48.3 Å². The standard InChI is InChI=1S/C16H31N3O/c1-14(2)7-12(8-15(3,4)10-14)18-11-16(5-6-16)9-13(17)19-20/h12,18,20H,5-11H2,1-4H3,(H2,17,19). The van der Waals surface area contributed by atoms with Crippen LogP contribution in [-0.2, 0) is 0 Å². The first-order chi connectivity index (χ1) is 9.15. The highest BCUT2D eigenvalue weighted by atomic mass is 16.4. The number of nitrogens with two attached hydrogens (primary N) is 1. The lowest BCUT2D eigenvalue weighted by atomic mass is 9.63. The van der Waals surface area contributed by atoms with Crippen LogP contribution < -0.4 is 11.1 Å². The lowest BCUT2D eigenvalue weighted by Crippen LogP contribution is -2.45. The van der Waals surface area contributed by atoms with Gasteiger partial charge >= 0.3 is 0 Å². The Kier molecular flexibility index (Phi) is 4.07. The van der Waals surface area contributed by atoms with Crippen LogP contribution in [0.3, 0.4) is 0 Å². The fourth-order valence-electron chi connectivity index (χ4n) is 4.36. The van der Waals surface area contributed by atoms with E-state index in [1.54, 1.807) is 0 Å². The van der Waals surface area contributed by atoms with Crippen LogP contribution in [0, 0.1) is 16.2 Å². The average Bonchev–Trinajstić information content (AvgIpc) is 3.03. The molecule has 4 heteroatoms. The number of hydrogen-bond donors (Lipinski definition) is 3. The molecule has 0 aliphatic heterocycles. The highest BCUT2D eigenvalue weighted by Crippen LogP contribution is 2.49. The molecule has 0 bridgehead atoms. The van der Waals surface area contributed by atoms with Crippen LogP contribution in [0.4, 0.5) is 0 Å². The normalized spacial score (nSPS) is 28.3. The lowest BCUT2D eigenvalue weighted by Gasteiger charge is -2.45. The lowest BCUT2D eigenvalue weighted by molar-refractivity contribution is 0.0829. The smallest absolute Gasteiger partial charge is 0.139 e. The van der Waals surface area contributed by atoms with Gasteiger partial charge in [0.15, 0.2) is 0 Å². The van der Waals surface area contributed by atoms with E-state index in [4.69, 9.17) is 10.9 Å². The summed E-state index contributed by atoms with van der Waals surface area (Å²) in [6, 6.07) is 0.596. The topological polar surface area (TPSA) is 70.6 Å². The SMILES string of the molecule is CC1(C)CC(NCC2(CC(N)=NO)CC2)CC(C)(C)C1. The van der Waals surface area contributed by atoms with Crippen molar-refractivity contribution in [3.8, 4) is 0 Å². The maximum absolute atomic E-state index is 8.72. The zero-order valence-electron chi connectivity index (χ0n) is 13.5. The van der Waals surface area contributed by atoms with Gasteiger partial charge in [0.25, 0.3) is 0 Å². The summed E-state index contributed by atoms with van der Waals surface area (Å²) in [5.74, 6) is 0.369. The Hall–Kier alpha value is -0.770. The molecule has 20 heavy (non-hydrogen) atoms. The highest BCUT2D eigenvalue weighted by molar-refractivity contribution is 5.80. The van der Waals surface area contributed by atoms with Crippen molar-refractivity contribution in [1.82, 2.24) is 5.32 Å². The van der Waals surface area contributed by atoms with E-state index in [1.165, 1.54) is 32.1 Å². The van der Waals surface area contributed by atoms with E-state index in [1.807, 2.05) is 0 Å². The number of nitrogens with zero attached hydrogens (tertiary/aromatic N) is 1. The van der Waals surface area contributed by atoms with E-state index in [0.29, 0.717) is 22.7 Å². The third-order valence-electron chi connectivity index (χ3n) is 4.96. The first kappa shape index (κ1) is 15.6. The molecule has 0 aromatic heterocycles. The van der Waals surface area contributed by atoms with Crippen LogP contribution in [0.5, 0.6) is 0 Å². The molecule has 2 aliphatic rings. The molecule has 2 saturated carbocycles. The zero-order chi connectivity index (χ0) is 15.0. The second-order valence-corrected chi connectivity index (χ2v) is 8.76. The van der Waals surface area contributed by atoms with Gasteiger partial charge in [-0.25, -0.2) is 0 Å². The number of oxime groups is 1. The first-order valence-corrected chi connectivity index (χ1v) is 7.85. The predicted molar refractivity (Wildman–Crippen MR) is 82.9 cm³/mol. The van der Waals surface area contributed by atoms with Crippen LogP contribution in [-0.4, -0.2) is 23.6 Å². The molecule has 116 valence electrons. The second-order valence-electron chi connectivity index (χ2n) is 8.76. The molecule has 0 aromatic carbocycles. The number of nitrogens with one attached hydrogen (secondary N) is 1. The van der Waals surface area contributed by atoms with E-state index in [0.717, 1.165) is 13.0 Å². The van der Waals surface area contributed by atoms with Crippen molar-refractivity contribution in [3.63, 3.8) is 0 Å². The Morgan fingerprint density at radius 2 is 1.75 bits per heavy atom. The summed E-state index contributed by atoms with van der Waals surface area (Å²) >= 11 is 0. The summed E-state index contributed by atoms with van der Waals surface area (Å²) in [6.07, 6.45) is 6.89. The van der Waals surface area contributed by atoms with E-state index < -0.39 is 0 Å². The monoisotopic (exact) mass is 281 g/mol. The van der Waals surface area contributed by atoms with Gasteiger partial charge in [-0.3, -0.25) is 0 Å². The highest BCUT2D eigenvalue weighted by Gasteiger charge is 2.45. The maximum Gasteiger partial charge on any atom is 0.139 e. The third-order valence-corrected chi connectivity index (χ3v) is 4.96. The van der Waals surface area contributed by atoms with Crippen molar-refractivity contribution >= 4 is 5.84 Å². The maximum atomic E-state index is 8.72. The minimum Gasteiger partial charge on any atom is -0.409 e. The van der Waals surface area contributed by atoms with Gasteiger partial charge in [0.2, 0.25) is 0 Å². The fourth-order valence-corrected chi connectivity index (χ4v) is 4.36. The van der Waals surface area contributed by atoms with Crippen molar-refractivity contribution in [2.45, 2.75) is 72.3 Å². The molecule has 2 fully saturated rings. The van der Waals surface area contributed by atoms with E-state index >= 15 is 0 Å². The van der Waals surface area contributed by atoms with Crippen LogP contribution in [0.1, 0.15) is 66.2 Å². The molecule has 2 rings (SSSR count). The number of rotatable bonds is 5. The number of amidine groups is 1. The molecule has 0 spiro atoms. The molecule has 4 nitrogen and oxygen atoms in total. The van der Waals surface area contributed by atoms with Crippen molar-refractivity contribution in [1.29, 1.82) is 0 Å². The Bertz CT molecular complexity index is 367. The van der Waals surface area contributed by atoms with Crippen molar-refractivity contribution in [2.24, 2.45) is 27.1 Å². The zero-order valence-corrected chi connectivity index (χ0v) is 13.5. The van der Waals surface area contributed by atoms with Gasteiger partial charge in [-0.15, -0.1) is 0 Å². The van der Waals surface area contributed by atoms with E-state index in [9.17, 15) is 0 Å². The fraction of sp³-hybridized carbons (Fsp3) is 0.938. The molecule has 4 N–H and O–H groups in total. The van der Waals surface area contributed by atoms with Crippen molar-refractivity contribution < 1.29 is 5.21 Å². The van der Waals surface area contributed by atoms with E-state index in [-0.39, 0.29) is 5.41 Å². The summed E-state index contributed by atoms with van der Waals surface area (Å²) in [7, 11) is 0. The molecule has 0 saturated heterocycles. The van der Waals surface area contributed by atoms with Gasteiger partial charge in [-0.1, -0.05) is 32.9 Å². The van der Waals surface area contributed by atoms with Gasteiger partial charge in [0, 0.05) is 19.0 Å². The molecule has 0 radical (unpaired) electrons. The molecule has 0 amide bonds. The minimum atomic E-state index is 0.252. The second kappa shape index (κ2) is 5.21. The van der Waals surface area contributed by atoms with Gasteiger partial charge < -0.3 is 16.3 Å². The quantitative estimate of drug-likeness (QED) is 0.314. The Balaban J connectivity index is 1.88. The van der Waals surface area contributed by atoms with Gasteiger partial charge in [0.1, 0.15) is 5.84 Å². The van der Waals surface area contributed by atoms with Crippen molar-refractivity contribution in [2.75, 3.05) is 6.54 Å². The molecule has 0 atom stereocenters. The average molecular weight is 281 g/mol. The largest absolute Gasteiger partial charge is 0.409 e. The summed E-state index contributed by atoms with van der Waals surface area (Å²) in [5, 5.41) is 15.6. The molecular formula is C16H31N3O. The Morgan fingerprint density at radius 1 is 1.20 bits per heavy atom. The Morgan fingerprint density at radius 3 is 2.20 bits per heavy atom. The van der Waals surface area contributed by atoms with Crippen LogP contribution in [0.2, 0.25) is 0 Å². The minimum absolute atomic E-state index is 0.252. The van der Waals surface area contributed by atoms with Crippen LogP contribution in [0.15, 0.2) is 5.16 Å². The molecular weight excluding hydrogens is 250 g/mol. The molecule has 0 unspecified atom stereocenters. The molecule has 2 aliphatic carbocycles. The predicted octanol–water partition coefficient (Wildman–Crippen LogP) is 3.10. The summed E-state index contributed by atoms with van der Waals surface area (Å²) in [4.78, 5) is 0. The first-order valence-electron chi connectivity index (χ1n) is 7.85. The van der Waals surface area contributed by atoms with Crippen LogP contribution >= 0.6 is 0 Å². The molecule has 0 aromatic rings. The summed E-state index contributed by atoms with van der Waals surface area (Å²) < 4.78 is 0. The van der Waals surface area contributed by atoms with E-state index in [2.05, 4.69) is 38.2 Å². The molecule has 0 heterocycles. The summed E-state index contributed by atoms with van der Waals surface area (Å²) in [6.45, 7) is 10.5. The van der Waals surface area contributed by atoms with Crippen molar-refractivity contribution in [3.05, 3.63) is 0 Å². The Labute approximate surface area is 123 Å². The number of hydrogen-bond acceptors (Lipinski definition) is 3. The van der Waals surface area contributed by atoms with Gasteiger partial charge in [0.05, 0.1) is 0 Å². The summed E-state index contributed by atoms with van der Waals surface area (Å²) in [5.41, 5.74) is 6.75. The van der Waals surface area contributed by atoms with Crippen LogP contribution in [0.25, 0.3) is 0 Å². The third kappa shape index (κ3) is 4.11.